The first-order chi connectivity index (χ1) is 19.3. The third-order valence-electron chi connectivity index (χ3n) is 6.88. The van der Waals surface area contributed by atoms with Gasteiger partial charge in [-0.1, -0.05) is 146 Å². The average molecular weight is 500 g/mol. The second kappa shape index (κ2) is 11.5. The lowest BCUT2D eigenvalue weighted by molar-refractivity contribution is 1.28. The second-order valence-electron chi connectivity index (χ2n) is 9.47. The highest BCUT2D eigenvalue weighted by Crippen LogP contribution is 2.39. The van der Waals surface area contributed by atoms with Gasteiger partial charge in [0.25, 0.3) is 0 Å². The summed E-state index contributed by atoms with van der Waals surface area (Å²) in [7, 11) is 0. The molecule has 1 heteroatoms. The van der Waals surface area contributed by atoms with Gasteiger partial charge in [0.2, 0.25) is 0 Å². The molecule has 0 saturated heterocycles. The largest absolute Gasteiger partial charge is 0.310 e. The Morgan fingerprint density at radius 1 is 0.359 bits per heavy atom. The quantitative estimate of drug-likeness (QED) is 0.197. The van der Waals surface area contributed by atoms with Gasteiger partial charge >= 0.3 is 0 Å². The molecule has 0 aliphatic heterocycles. The van der Waals surface area contributed by atoms with Gasteiger partial charge in [0.1, 0.15) is 0 Å². The van der Waals surface area contributed by atoms with Gasteiger partial charge < -0.3 is 4.90 Å². The van der Waals surface area contributed by atoms with E-state index in [1.54, 1.807) is 0 Å². The van der Waals surface area contributed by atoms with Crippen LogP contribution in [0.25, 0.3) is 34.4 Å². The zero-order chi connectivity index (χ0) is 26.3. The van der Waals surface area contributed by atoms with Crippen LogP contribution in [0.5, 0.6) is 0 Å². The molecule has 0 aliphatic rings. The smallest absolute Gasteiger partial charge is 0.0533 e. The van der Waals surface area contributed by atoms with Gasteiger partial charge in [0.05, 0.1) is 5.69 Å². The third kappa shape index (κ3) is 5.58. The molecule has 0 heterocycles. The number of hydrogen-bond donors (Lipinski definition) is 0. The van der Waals surface area contributed by atoms with Crippen molar-refractivity contribution in [3.8, 4) is 22.3 Å². The van der Waals surface area contributed by atoms with Gasteiger partial charge in [-0.05, 0) is 63.7 Å². The van der Waals surface area contributed by atoms with Gasteiger partial charge in [-0.15, -0.1) is 0 Å². The lowest BCUT2D eigenvalue weighted by atomic mass is 10.0. The van der Waals surface area contributed by atoms with Gasteiger partial charge in [-0.2, -0.15) is 0 Å². The molecular formula is C38H29N. The van der Waals surface area contributed by atoms with Crippen molar-refractivity contribution >= 4 is 29.2 Å². The van der Waals surface area contributed by atoms with Crippen molar-refractivity contribution in [2.75, 3.05) is 4.90 Å². The molecule has 0 radical (unpaired) electrons. The van der Waals surface area contributed by atoms with E-state index in [4.69, 9.17) is 0 Å². The van der Waals surface area contributed by atoms with Gasteiger partial charge in [-0.25, -0.2) is 0 Å². The molecule has 0 aromatic heterocycles. The first kappa shape index (κ1) is 24.2. The summed E-state index contributed by atoms with van der Waals surface area (Å²) < 4.78 is 0. The zero-order valence-electron chi connectivity index (χ0n) is 21.7. The van der Waals surface area contributed by atoms with E-state index in [2.05, 4.69) is 175 Å². The molecule has 0 aliphatic carbocycles. The van der Waals surface area contributed by atoms with E-state index < -0.39 is 0 Å². The third-order valence-corrected chi connectivity index (χ3v) is 6.88. The van der Waals surface area contributed by atoms with Crippen LogP contribution in [0, 0.1) is 0 Å². The Hall–Kier alpha value is -5.14. The highest BCUT2D eigenvalue weighted by Gasteiger charge is 2.16. The maximum absolute atomic E-state index is 2.35. The van der Waals surface area contributed by atoms with Crippen molar-refractivity contribution < 1.29 is 0 Å². The highest BCUT2D eigenvalue weighted by atomic mass is 15.1. The Morgan fingerprint density at radius 2 is 0.897 bits per heavy atom. The number of anilines is 3. The molecule has 0 fully saturated rings. The molecule has 1 nitrogen and oxygen atoms in total. The number of nitrogens with zero attached hydrogens (tertiary/aromatic N) is 1. The van der Waals surface area contributed by atoms with Crippen LogP contribution in [-0.4, -0.2) is 0 Å². The molecular weight excluding hydrogens is 470 g/mol. The second-order valence-corrected chi connectivity index (χ2v) is 9.47. The van der Waals surface area contributed by atoms with Crippen molar-refractivity contribution in [2.45, 2.75) is 0 Å². The van der Waals surface area contributed by atoms with Crippen molar-refractivity contribution in [3.63, 3.8) is 0 Å². The lowest BCUT2D eigenvalue weighted by Crippen LogP contribution is -2.11. The van der Waals surface area contributed by atoms with E-state index in [1.165, 1.54) is 27.8 Å². The Labute approximate surface area is 231 Å². The Morgan fingerprint density at radius 3 is 1.59 bits per heavy atom. The Bertz CT molecular complexity index is 1670. The molecule has 0 bridgehead atoms. The van der Waals surface area contributed by atoms with Crippen LogP contribution in [0.15, 0.2) is 164 Å². The molecule has 6 aromatic rings. The van der Waals surface area contributed by atoms with E-state index >= 15 is 0 Å². The van der Waals surface area contributed by atoms with Crippen LogP contribution in [-0.2, 0) is 0 Å². The molecule has 6 aromatic carbocycles. The van der Waals surface area contributed by atoms with E-state index in [0.717, 1.165) is 22.6 Å². The highest BCUT2D eigenvalue weighted by molar-refractivity contribution is 5.87. The molecule has 0 N–H and O–H groups in total. The predicted octanol–water partition coefficient (Wildman–Crippen LogP) is 10.7. The van der Waals surface area contributed by atoms with E-state index in [-0.39, 0.29) is 0 Å². The van der Waals surface area contributed by atoms with Crippen LogP contribution < -0.4 is 4.90 Å². The van der Waals surface area contributed by atoms with E-state index in [9.17, 15) is 0 Å². The van der Waals surface area contributed by atoms with Crippen molar-refractivity contribution in [3.05, 3.63) is 175 Å². The fourth-order valence-electron chi connectivity index (χ4n) is 4.90. The summed E-state index contributed by atoms with van der Waals surface area (Å²) >= 11 is 0. The van der Waals surface area contributed by atoms with E-state index in [0.29, 0.717) is 0 Å². The van der Waals surface area contributed by atoms with Crippen LogP contribution in [0.3, 0.4) is 0 Å². The molecule has 0 saturated carbocycles. The number of rotatable bonds is 7. The molecule has 39 heavy (non-hydrogen) atoms. The first-order valence-electron chi connectivity index (χ1n) is 13.3. The van der Waals surface area contributed by atoms with Crippen molar-refractivity contribution in [2.24, 2.45) is 0 Å². The van der Waals surface area contributed by atoms with Crippen molar-refractivity contribution in [1.29, 1.82) is 0 Å². The summed E-state index contributed by atoms with van der Waals surface area (Å²) in [6, 6.07) is 57.8. The summed E-state index contributed by atoms with van der Waals surface area (Å²) in [4.78, 5) is 2.35. The molecule has 186 valence electrons. The fraction of sp³-hybridized carbons (Fsp3) is 0. The number of benzene rings is 6. The number of para-hydroxylation sites is 1. The SMILES string of the molecule is C(=Cc1ccccc1N(c1ccc(-c2ccccc2)cc1)c1cccc(-c2ccccc2)c1)c1ccccc1. The maximum atomic E-state index is 2.35. The maximum Gasteiger partial charge on any atom is 0.0533 e. The monoisotopic (exact) mass is 499 g/mol. The lowest BCUT2D eigenvalue weighted by Gasteiger charge is -2.28. The summed E-state index contributed by atoms with van der Waals surface area (Å²) in [5.41, 5.74) is 10.5. The van der Waals surface area contributed by atoms with Gasteiger partial charge in [-0.3, -0.25) is 0 Å². The topological polar surface area (TPSA) is 3.24 Å². The van der Waals surface area contributed by atoms with Crippen LogP contribution in [0.4, 0.5) is 17.1 Å². The Kier molecular flexibility index (Phi) is 7.14. The summed E-state index contributed by atoms with van der Waals surface area (Å²) in [5.74, 6) is 0. The average Bonchev–Trinajstić information content (AvgIpc) is 3.03. The summed E-state index contributed by atoms with van der Waals surface area (Å²) in [5, 5.41) is 0. The Balaban J connectivity index is 1.46. The summed E-state index contributed by atoms with van der Waals surface area (Å²) in [6.45, 7) is 0. The van der Waals surface area contributed by atoms with Crippen molar-refractivity contribution in [1.82, 2.24) is 0 Å². The van der Waals surface area contributed by atoms with Gasteiger partial charge in [0, 0.05) is 11.4 Å². The summed E-state index contributed by atoms with van der Waals surface area (Å²) in [6.07, 6.45) is 4.38. The fourth-order valence-corrected chi connectivity index (χ4v) is 4.90. The van der Waals surface area contributed by atoms with Crippen LogP contribution >= 0.6 is 0 Å². The minimum atomic E-state index is 1.11. The number of hydrogen-bond acceptors (Lipinski definition) is 1. The minimum absolute atomic E-state index is 1.11. The molecule has 0 spiro atoms. The minimum Gasteiger partial charge on any atom is -0.310 e. The first-order valence-corrected chi connectivity index (χ1v) is 13.3. The molecule has 6 rings (SSSR count). The standard InChI is InChI=1S/C38H29N/c1-4-13-30(14-5-1)23-24-34-19-10-11-22-38(34)39(36-27-25-33(26-28-36)31-15-6-2-7-16-31)37-21-12-20-35(29-37)32-17-8-3-9-18-32/h1-29H. The predicted molar refractivity (Wildman–Crippen MR) is 167 cm³/mol. The van der Waals surface area contributed by atoms with Crippen LogP contribution in [0.2, 0.25) is 0 Å². The van der Waals surface area contributed by atoms with Gasteiger partial charge in [0.15, 0.2) is 0 Å². The normalized spacial score (nSPS) is 11.0. The molecule has 0 unspecified atom stereocenters. The van der Waals surface area contributed by atoms with Crippen LogP contribution in [0.1, 0.15) is 11.1 Å². The van der Waals surface area contributed by atoms with E-state index in [1.807, 2.05) is 6.07 Å². The molecule has 0 amide bonds. The zero-order valence-corrected chi connectivity index (χ0v) is 21.7. The molecule has 0 atom stereocenters.